The van der Waals surface area contributed by atoms with E-state index in [9.17, 15) is 18.0 Å². The van der Waals surface area contributed by atoms with Gasteiger partial charge >= 0.3 is 6.18 Å². The maximum atomic E-state index is 11.8. The minimum atomic E-state index is -4.40. The number of carbonyl (C=O) groups is 1. The van der Waals surface area contributed by atoms with E-state index in [0.29, 0.717) is 11.3 Å². The molecule has 0 aliphatic rings. The predicted octanol–water partition coefficient (Wildman–Crippen LogP) is 2.49. The SMILES string of the molecule is CN(C(=O)CCOCC(F)(F)F)c1ccccc1C#N. The van der Waals surface area contributed by atoms with E-state index in [1.54, 1.807) is 24.3 Å². The zero-order valence-electron chi connectivity index (χ0n) is 10.8. The third kappa shape index (κ3) is 4.90. The van der Waals surface area contributed by atoms with Gasteiger partial charge in [0.2, 0.25) is 5.91 Å². The van der Waals surface area contributed by atoms with Crippen molar-refractivity contribution < 1.29 is 22.7 Å². The Morgan fingerprint density at radius 2 is 2.05 bits per heavy atom. The lowest BCUT2D eigenvalue weighted by molar-refractivity contribution is -0.174. The van der Waals surface area contributed by atoms with E-state index in [1.165, 1.54) is 11.9 Å². The number of hydrogen-bond donors (Lipinski definition) is 0. The molecule has 0 N–H and O–H groups in total. The van der Waals surface area contributed by atoms with Crippen LogP contribution in [0.4, 0.5) is 18.9 Å². The highest BCUT2D eigenvalue weighted by molar-refractivity contribution is 5.94. The molecule has 1 amide bonds. The lowest BCUT2D eigenvalue weighted by atomic mass is 10.2. The Morgan fingerprint density at radius 1 is 1.40 bits per heavy atom. The third-order valence-electron chi connectivity index (χ3n) is 2.49. The first-order chi connectivity index (χ1) is 9.35. The van der Waals surface area contributed by atoms with Crippen LogP contribution < -0.4 is 4.90 Å². The van der Waals surface area contributed by atoms with Crippen LogP contribution in [0.25, 0.3) is 0 Å². The molecule has 0 unspecified atom stereocenters. The lowest BCUT2D eigenvalue weighted by Crippen LogP contribution is -2.28. The van der Waals surface area contributed by atoms with Crippen LogP contribution in [0.15, 0.2) is 24.3 Å². The molecule has 0 spiro atoms. The number of rotatable bonds is 5. The third-order valence-corrected chi connectivity index (χ3v) is 2.49. The van der Waals surface area contributed by atoms with Crippen molar-refractivity contribution in [3.05, 3.63) is 29.8 Å². The number of alkyl halides is 3. The van der Waals surface area contributed by atoms with Crippen molar-refractivity contribution in [2.24, 2.45) is 0 Å². The van der Waals surface area contributed by atoms with E-state index >= 15 is 0 Å². The second kappa shape index (κ2) is 6.91. The van der Waals surface area contributed by atoms with Gasteiger partial charge < -0.3 is 9.64 Å². The first-order valence-electron chi connectivity index (χ1n) is 5.75. The van der Waals surface area contributed by atoms with Crippen molar-refractivity contribution in [2.45, 2.75) is 12.6 Å². The predicted molar refractivity (Wildman–Crippen MR) is 66.1 cm³/mol. The molecular formula is C13H13F3N2O2. The van der Waals surface area contributed by atoms with Crippen LogP contribution in [0.2, 0.25) is 0 Å². The van der Waals surface area contributed by atoms with Crippen LogP contribution in [0.3, 0.4) is 0 Å². The molecule has 0 aliphatic heterocycles. The van der Waals surface area contributed by atoms with Crippen molar-refractivity contribution in [1.29, 1.82) is 5.26 Å². The minimum absolute atomic E-state index is 0.188. The molecule has 0 atom stereocenters. The van der Waals surface area contributed by atoms with E-state index < -0.39 is 18.7 Å². The number of carbonyl (C=O) groups excluding carboxylic acids is 1. The van der Waals surface area contributed by atoms with Crippen molar-refractivity contribution in [1.82, 2.24) is 0 Å². The van der Waals surface area contributed by atoms with Crippen molar-refractivity contribution in [2.75, 3.05) is 25.2 Å². The molecule has 1 rings (SSSR count). The van der Waals surface area contributed by atoms with Crippen molar-refractivity contribution >= 4 is 11.6 Å². The van der Waals surface area contributed by atoms with E-state index in [-0.39, 0.29) is 13.0 Å². The van der Waals surface area contributed by atoms with Gasteiger partial charge in [-0.2, -0.15) is 18.4 Å². The number of anilines is 1. The topological polar surface area (TPSA) is 53.3 Å². The van der Waals surface area contributed by atoms with E-state index in [4.69, 9.17) is 5.26 Å². The summed E-state index contributed by atoms with van der Waals surface area (Å²) in [5.41, 5.74) is 0.732. The first kappa shape index (κ1) is 16.0. The first-order valence-corrected chi connectivity index (χ1v) is 5.75. The molecule has 108 valence electrons. The molecule has 0 saturated carbocycles. The zero-order valence-corrected chi connectivity index (χ0v) is 10.8. The standard InChI is InChI=1S/C13H13F3N2O2/c1-18(11-5-3-2-4-10(11)8-17)12(19)6-7-20-9-13(14,15)16/h2-5H,6-7,9H2,1H3. The summed E-state index contributed by atoms with van der Waals surface area (Å²) in [5.74, 6) is -0.421. The van der Waals surface area contributed by atoms with Gasteiger partial charge in [-0.15, -0.1) is 0 Å². The Morgan fingerprint density at radius 3 is 2.65 bits per heavy atom. The van der Waals surface area contributed by atoms with Gasteiger partial charge in [0.05, 0.1) is 24.3 Å². The average molecular weight is 286 g/mol. The fourth-order valence-electron chi connectivity index (χ4n) is 1.51. The number of hydrogen-bond acceptors (Lipinski definition) is 3. The second-order valence-corrected chi connectivity index (χ2v) is 4.00. The Bertz CT molecular complexity index is 509. The molecule has 0 heterocycles. The number of nitriles is 1. The molecule has 20 heavy (non-hydrogen) atoms. The summed E-state index contributed by atoms with van der Waals surface area (Å²) in [7, 11) is 1.46. The fraction of sp³-hybridized carbons (Fsp3) is 0.385. The van der Waals surface area contributed by atoms with E-state index in [1.807, 2.05) is 6.07 Å². The van der Waals surface area contributed by atoms with Crippen LogP contribution in [-0.4, -0.2) is 32.3 Å². The number of benzene rings is 1. The normalized spacial score (nSPS) is 10.9. The smallest absolute Gasteiger partial charge is 0.372 e. The summed E-state index contributed by atoms with van der Waals surface area (Å²) in [6, 6.07) is 8.42. The monoisotopic (exact) mass is 286 g/mol. The number of amides is 1. The Labute approximate surface area is 114 Å². The lowest BCUT2D eigenvalue weighted by Gasteiger charge is -2.18. The quantitative estimate of drug-likeness (QED) is 0.781. The Kier molecular flexibility index (Phi) is 5.53. The van der Waals surface area contributed by atoms with Gasteiger partial charge in [0.15, 0.2) is 0 Å². The highest BCUT2D eigenvalue weighted by Gasteiger charge is 2.27. The Balaban J connectivity index is 2.54. The minimum Gasteiger partial charge on any atom is -0.372 e. The highest BCUT2D eigenvalue weighted by Crippen LogP contribution is 2.19. The number of ether oxygens (including phenoxy) is 1. The fourth-order valence-corrected chi connectivity index (χ4v) is 1.51. The molecule has 1 aromatic carbocycles. The van der Waals surface area contributed by atoms with E-state index in [2.05, 4.69) is 4.74 Å². The van der Waals surface area contributed by atoms with Gasteiger partial charge in [0.25, 0.3) is 0 Å². The highest BCUT2D eigenvalue weighted by atomic mass is 19.4. The van der Waals surface area contributed by atoms with Crippen molar-refractivity contribution in [3.8, 4) is 6.07 Å². The number of halogens is 3. The summed E-state index contributed by atoms with van der Waals surface area (Å²) in [4.78, 5) is 13.0. The summed E-state index contributed by atoms with van der Waals surface area (Å²) >= 11 is 0. The molecule has 0 fully saturated rings. The summed E-state index contributed by atoms with van der Waals surface area (Å²) in [5, 5.41) is 8.92. The van der Waals surface area contributed by atoms with Crippen LogP contribution in [0.1, 0.15) is 12.0 Å². The average Bonchev–Trinajstić information content (AvgIpc) is 2.41. The largest absolute Gasteiger partial charge is 0.411 e. The zero-order chi connectivity index (χ0) is 15.2. The van der Waals surface area contributed by atoms with E-state index in [0.717, 1.165) is 0 Å². The maximum absolute atomic E-state index is 11.8. The molecule has 1 aromatic rings. The van der Waals surface area contributed by atoms with Gasteiger partial charge in [-0.1, -0.05) is 12.1 Å². The van der Waals surface area contributed by atoms with Gasteiger partial charge in [0.1, 0.15) is 12.7 Å². The molecule has 0 bridgehead atoms. The maximum Gasteiger partial charge on any atom is 0.411 e. The van der Waals surface area contributed by atoms with Crippen LogP contribution in [0.5, 0.6) is 0 Å². The summed E-state index contributed by atoms with van der Waals surface area (Å²) < 4.78 is 39.9. The molecule has 0 aromatic heterocycles. The molecule has 7 heteroatoms. The number of nitrogens with zero attached hydrogens (tertiary/aromatic N) is 2. The van der Waals surface area contributed by atoms with Crippen LogP contribution >= 0.6 is 0 Å². The van der Waals surface area contributed by atoms with Gasteiger partial charge in [-0.05, 0) is 12.1 Å². The summed E-state index contributed by atoms with van der Waals surface area (Å²) in [6.45, 7) is -1.70. The molecule has 0 radical (unpaired) electrons. The van der Waals surface area contributed by atoms with Crippen LogP contribution in [0, 0.1) is 11.3 Å². The molecule has 4 nitrogen and oxygen atoms in total. The molecule has 0 aliphatic carbocycles. The number of para-hydroxylation sites is 1. The van der Waals surface area contributed by atoms with Gasteiger partial charge in [0, 0.05) is 7.05 Å². The van der Waals surface area contributed by atoms with Gasteiger partial charge in [-0.25, -0.2) is 0 Å². The van der Waals surface area contributed by atoms with Crippen LogP contribution in [-0.2, 0) is 9.53 Å². The molecular weight excluding hydrogens is 273 g/mol. The molecule has 0 saturated heterocycles. The Hall–Kier alpha value is -2.07. The van der Waals surface area contributed by atoms with Crippen molar-refractivity contribution in [3.63, 3.8) is 0 Å². The van der Waals surface area contributed by atoms with Gasteiger partial charge in [-0.3, -0.25) is 4.79 Å². The summed E-state index contributed by atoms with van der Waals surface area (Å²) in [6.07, 6.45) is -4.59. The second-order valence-electron chi connectivity index (χ2n) is 4.00.